The number of thioether (sulfide) groups is 1. The van der Waals surface area contributed by atoms with Crippen LogP contribution in [0.2, 0.25) is 0 Å². The third-order valence-electron chi connectivity index (χ3n) is 4.34. The molecule has 0 unspecified atom stereocenters. The first kappa shape index (κ1) is 21.5. The molecule has 1 N–H and O–H groups in total. The molecule has 1 heterocycles. The minimum atomic E-state index is -3.57. The first-order valence-corrected chi connectivity index (χ1v) is 11.8. The molecule has 1 amide bonds. The highest BCUT2D eigenvalue weighted by atomic mass is 32.2. The van der Waals surface area contributed by atoms with Crippen LogP contribution >= 0.6 is 11.8 Å². The molecule has 0 radical (unpaired) electrons. The van der Waals surface area contributed by atoms with Crippen molar-refractivity contribution < 1.29 is 22.7 Å². The summed E-state index contributed by atoms with van der Waals surface area (Å²) in [5, 5.41) is 2.76. The van der Waals surface area contributed by atoms with Crippen molar-refractivity contribution in [3.8, 4) is 11.5 Å². The number of nitrogens with zero attached hydrogens (tertiary/aromatic N) is 1. The van der Waals surface area contributed by atoms with Crippen LogP contribution < -0.4 is 14.8 Å². The van der Waals surface area contributed by atoms with Gasteiger partial charge >= 0.3 is 0 Å². The molecule has 0 aliphatic carbocycles. The molecule has 0 aromatic heterocycles. The topological polar surface area (TPSA) is 84.9 Å². The van der Waals surface area contributed by atoms with Gasteiger partial charge in [0.1, 0.15) is 13.2 Å². The van der Waals surface area contributed by atoms with E-state index in [1.54, 1.807) is 26.0 Å². The van der Waals surface area contributed by atoms with Gasteiger partial charge in [-0.25, -0.2) is 8.42 Å². The molecule has 3 rings (SSSR count). The highest BCUT2D eigenvalue weighted by molar-refractivity contribution is 8.00. The summed E-state index contributed by atoms with van der Waals surface area (Å²) in [5.74, 6) is 1.35. The van der Waals surface area contributed by atoms with Crippen molar-refractivity contribution in [2.75, 3.05) is 37.4 Å². The minimum Gasteiger partial charge on any atom is -0.486 e. The van der Waals surface area contributed by atoms with Crippen LogP contribution in [0.5, 0.6) is 11.5 Å². The molecule has 0 spiro atoms. The minimum absolute atomic E-state index is 0.165. The smallest absolute Gasteiger partial charge is 0.243 e. The Kier molecular flexibility index (Phi) is 7.05. The average molecular weight is 437 g/mol. The summed E-state index contributed by atoms with van der Waals surface area (Å²) in [4.78, 5) is 13.4. The van der Waals surface area contributed by atoms with Crippen LogP contribution in [-0.4, -0.2) is 50.7 Å². The molecule has 0 atom stereocenters. The first-order chi connectivity index (χ1) is 13.9. The Morgan fingerprint density at radius 1 is 1.07 bits per heavy atom. The lowest BCUT2D eigenvalue weighted by molar-refractivity contribution is -0.113. The van der Waals surface area contributed by atoms with E-state index in [-0.39, 0.29) is 16.6 Å². The molecule has 0 fully saturated rings. The van der Waals surface area contributed by atoms with E-state index in [0.717, 1.165) is 4.90 Å². The maximum absolute atomic E-state index is 12.6. The fraction of sp³-hybridized carbons (Fsp3) is 0.350. The normalized spacial score (nSPS) is 13.3. The number of carbonyl (C=O) groups is 1. The highest BCUT2D eigenvalue weighted by Gasteiger charge is 2.22. The Hall–Kier alpha value is -2.23. The lowest BCUT2D eigenvalue weighted by Crippen LogP contribution is -2.30. The number of ether oxygens (including phenoxy) is 2. The number of benzene rings is 2. The summed E-state index contributed by atoms with van der Waals surface area (Å²) in [5.41, 5.74) is 0.450. The van der Waals surface area contributed by atoms with Gasteiger partial charge in [0.15, 0.2) is 11.5 Å². The fourth-order valence-electron chi connectivity index (χ4n) is 2.91. The number of anilines is 1. The summed E-state index contributed by atoms with van der Waals surface area (Å²) in [6, 6.07) is 11.9. The van der Waals surface area contributed by atoms with Crippen LogP contribution in [0.25, 0.3) is 0 Å². The van der Waals surface area contributed by atoms with E-state index >= 15 is 0 Å². The second-order valence-corrected chi connectivity index (χ2v) is 9.25. The Labute approximate surface area is 175 Å². The van der Waals surface area contributed by atoms with Crippen molar-refractivity contribution in [3.63, 3.8) is 0 Å². The average Bonchev–Trinajstić information content (AvgIpc) is 2.73. The summed E-state index contributed by atoms with van der Waals surface area (Å²) < 4.78 is 37.7. The van der Waals surface area contributed by atoms with Gasteiger partial charge in [0.25, 0.3) is 0 Å². The molecule has 9 heteroatoms. The maximum Gasteiger partial charge on any atom is 0.243 e. The largest absolute Gasteiger partial charge is 0.486 e. The number of sulfonamides is 1. The molecule has 1 aliphatic heterocycles. The molecule has 2 aromatic rings. The van der Waals surface area contributed by atoms with Crippen LogP contribution in [-0.2, 0) is 14.8 Å². The van der Waals surface area contributed by atoms with Crippen LogP contribution in [0.3, 0.4) is 0 Å². The zero-order chi connectivity index (χ0) is 20.9. The Balaban J connectivity index is 1.62. The van der Waals surface area contributed by atoms with Crippen LogP contribution in [0.4, 0.5) is 5.69 Å². The molecule has 0 bridgehead atoms. The zero-order valence-corrected chi connectivity index (χ0v) is 18.0. The van der Waals surface area contributed by atoms with E-state index in [4.69, 9.17) is 9.47 Å². The van der Waals surface area contributed by atoms with Crippen molar-refractivity contribution >= 4 is 33.4 Å². The maximum atomic E-state index is 12.6. The lowest BCUT2D eigenvalue weighted by Gasteiger charge is -2.19. The monoisotopic (exact) mass is 436 g/mol. The molecule has 7 nitrogen and oxygen atoms in total. The van der Waals surface area contributed by atoms with Crippen LogP contribution in [0.1, 0.15) is 13.8 Å². The Bertz CT molecular complexity index is 975. The zero-order valence-electron chi connectivity index (χ0n) is 16.4. The van der Waals surface area contributed by atoms with Gasteiger partial charge in [0.05, 0.1) is 10.6 Å². The predicted octanol–water partition coefficient (Wildman–Crippen LogP) is 3.22. The first-order valence-electron chi connectivity index (χ1n) is 9.36. The molecule has 156 valence electrons. The van der Waals surface area contributed by atoms with E-state index in [0.29, 0.717) is 43.5 Å². The van der Waals surface area contributed by atoms with E-state index in [9.17, 15) is 13.2 Å². The van der Waals surface area contributed by atoms with Gasteiger partial charge in [-0.1, -0.05) is 19.9 Å². The second kappa shape index (κ2) is 9.51. The van der Waals surface area contributed by atoms with Crippen molar-refractivity contribution in [2.45, 2.75) is 23.6 Å². The van der Waals surface area contributed by atoms with Crippen molar-refractivity contribution in [1.29, 1.82) is 0 Å². The van der Waals surface area contributed by atoms with Gasteiger partial charge < -0.3 is 14.8 Å². The molecule has 29 heavy (non-hydrogen) atoms. The molecule has 0 saturated heterocycles. The molecule has 1 aliphatic rings. The third-order valence-corrected chi connectivity index (χ3v) is 7.38. The summed E-state index contributed by atoms with van der Waals surface area (Å²) >= 11 is 1.37. The fourth-order valence-corrected chi connectivity index (χ4v) is 5.14. The SMILES string of the molecule is CCN(CC)S(=O)(=O)c1cccc(NC(=O)CSc2ccc3c(c2)OCCO3)c1. The van der Waals surface area contributed by atoms with Gasteiger partial charge in [0, 0.05) is 23.7 Å². The second-order valence-electron chi connectivity index (χ2n) is 6.26. The van der Waals surface area contributed by atoms with Crippen LogP contribution in [0, 0.1) is 0 Å². The Morgan fingerprint density at radius 2 is 1.79 bits per heavy atom. The molecular formula is C20H24N2O5S2. The van der Waals surface area contributed by atoms with Gasteiger partial charge in [0.2, 0.25) is 15.9 Å². The number of amides is 1. The third kappa shape index (κ3) is 5.23. The van der Waals surface area contributed by atoms with Gasteiger partial charge in [-0.3, -0.25) is 4.79 Å². The number of fused-ring (bicyclic) bond motifs is 1. The van der Waals surface area contributed by atoms with E-state index < -0.39 is 10.0 Å². The summed E-state index contributed by atoms with van der Waals surface area (Å²) in [7, 11) is -3.57. The van der Waals surface area contributed by atoms with Crippen molar-refractivity contribution in [2.24, 2.45) is 0 Å². The number of hydrogen-bond acceptors (Lipinski definition) is 6. The number of carbonyl (C=O) groups excluding carboxylic acids is 1. The van der Waals surface area contributed by atoms with Crippen molar-refractivity contribution in [3.05, 3.63) is 42.5 Å². The Morgan fingerprint density at radius 3 is 2.52 bits per heavy atom. The lowest BCUT2D eigenvalue weighted by atomic mass is 10.3. The van der Waals surface area contributed by atoms with E-state index in [1.807, 2.05) is 18.2 Å². The summed E-state index contributed by atoms with van der Waals surface area (Å²) in [6.07, 6.45) is 0. The quantitative estimate of drug-likeness (QED) is 0.640. The van der Waals surface area contributed by atoms with Crippen molar-refractivity contribution in [1.82, 2.24) is 4.31 Å². The van der Waals surface area contributed by atoms with Crippen LogP contribution in [0.15, 0.2) is 52.3 Å². The number of rotatable bonds is 8. The van der Waals surface area contributed by atoms with E-state index in [1.165, 1.54) is 28.2 Å². The molecular weight excluding hydrogens is 412 g/mol. The predicted molar refractivity (Wildman–Crippen MR) is 113 cm³/mol. The van der Waals surface area contributed by atoms with Gasteiger partial charge in [-0.2, -0.15) is 4.31 Å². The highest BCUT2D eigenvalue weighted by Crippen LogP contribution is 2.34. The van der Waals surface area contributed by atoms with Gasteiger partial charge in [-0.05, 0) is 36.4 Å². The number of hydrogen-bond donors (Lipinski definition) is 1. The van der Waals surface area contributed by atoms with E-state index in [2.05, 4.69) is 5.32 Å². The molecule has 0 saturated carbocycles. The summed E-state index contributed by atoms with van der Waals surface area (Å²) in [6.45, 7) is 5.41. The van der Waals surface area contributed by atoms with Gasteiger partial charge in [-0.15, -0.1) is 11.8 Å². The number of nitrogens with one attached hydrogen (secondary N) is 1. The molecule has 2 aromatic carbocycles. The standard InChI is InChI=1S/C20H24N2O5S2/c1-3-22(4-2)29(24,25)17-7-5-6-15(12-17)21-20(23)14-28-16-8-9-18-19(13-16)27-11-10-26-18/h5-9,12-13H,3-4,10-11,14H2,1-2H3,(H,21,23).